The number of anilines is 2. The number of nitrogens with two attached hydrogens (primary N) is 1. The lowest BCUT2D eigenvalue weighted by Crippen LogP contribution is -2.43. The maximum atomic E-state index is 12.6. The molecule has 0 spiro atoms. The first-order chi connectivity index (χ1) is 11.5. The van der Waals surface area contributed by atoms with Gasteiger partial charge in [-0.1, -0.05) is 26.7 Å². The SMILES string of the molecule is CCCn1c(N)c(NC(=O)CC2CCCC2)c(=O)n(CCC)c1=O. The van der Waals surface area contributed by atoms with E-state index < -0.39 is 11.2 Å². The first kappa shape index (κ1) is 18.3. The van der Waals surface area contributed by atoms with Crippen LogP contribution in [0.4, 0.5) is 11.5 Å². The van der Waals surface area contributed by atoms with E-state index in [-0.39, 0.29) is 17.4 Å². The fourth-order valence-electron chi connectivity index (χ4n) is 3.36. The number of nitrogens with zero attached hydrogens (tertiary/aromatic N) is 2. The Bertz CT molecular complexity index is 699. The van der Waals surface area contributed by atoms with Crippen molar-refractivity contribution < 1.29 is 4.79 Å². The lowest BCUT2D eigenvalue weighted by atomic mass is 10.0. The highest BCUT2D eigenvalue weighted by Gasteiger charge is 2.22. The predicted octanol–water partition coefficient (Wildman–Crippen LogP) is 1.93. The number of aromatic nitrogens is 2. The first-order valence-corrected chi connectivity index (χ1v) is 8.92. The molecule has 1 aromatic heterocycles. The quantitative estimate of drug-likeness (QED) is 0.794. The monoisotopic (exact) mass is 336 g/mol. The smallest absolute Gasteiger partial charge is 0.332 e. The van der Waals surface area contributed by atoms with E-state index in [1.165, 1.54) is 4.57 Å². The Kier molecular flexibility index (Phi) is 6.23. The number of carbonyl (C=O) groups is 1. The summed E-state index contributed by atoms with van der Waals surface area (Å²) in [5.41, 5.74) is 5.15. The molecule has 0 aliphatic heterocycles. The minimum Gasteiger partial charge on any atom is -0.383 e. The highest BCUT2D eigenvalue weighted by atomic mass is 16.2. The summed E-state index contributed by atoms with van der Waals surface area (Å²) in [7, 11) is 0. The standard InChI is InChI=1S/C17H28N4O3/c1-3-9-20-15(18)14(16(23)21(10-4-2)17(20)24)19-13(22)11-12-7-5-6-8-12/h12H,3-11,18H2,1-2H3,(H,19,22). The van der Waals surface area contributed by atoms with E-state index in [1.807, 2.05) is 13.8 Å². The molecule has 0 aromatic carbocycles. The van der Waals surface area contributed by atoms with Gasteiger partial charge >= 0.3 is 5.69 Å². The Balaban J connectivity index is 2.34. The lowest BCUT2D eigenvalue weighted by Gasteiger charge is -2.17. The fraction of sp³-hybridized carbons (Fsp3) is 0.706. The third-order valence-electron chi connectivity index (χ3n) is 4.58. The molecule has 7 heteroatoms. The van der Waals surface area contributed by atoms with E-state index in [0.29, 0.717) is 38.3 Å². The van der Waals surface area contributed by atoms with E-state index >= 15 is 0 Å². The molecule has 0 radical (unpaired) electrons. The highest BCUT2D eigenvalue weighted by molar-refractivity contribution is 5.93. The van der Waals surface area contributed by atoms with Gasteiger partial charge in [0, 0.05) is 19.5 Å². The first-order valence-electron chi connectivity index (χ1n) is 8.92. The zero-order valence-electron chi connectivity index (χ0n) is 14.6. The molecule has 0 bridgehead atoms. The van der Waals surface area contributed by atoms with Crippen molar-refractivity contribution in [2.45, 2.75) is 71.9 Å². The van der Waals surface area contributed by atoms with Crippen molar-refractivity contribution in [2.24, 2.45) is 5.92 Å². The second kappa shape index (κ2) is 8.17. The number of nitrogen functional groups attached to an aromatic ring is 1. The molecule has 134 valence electrons. The minimum absolute atomic E-state index is 0.0412. The van der Waals surface area contributed by atoms with Crippen molar-refractivity contribution in [3.8, 4) is 0 Å². The van der Waals surface area contributed by atoms with Gasteiger partial charge < -0.3 is 11.1 Å². The summed E-state index contributed by atoms with van der Waals surface area (Å²) in [4.78, 5) is 37.3. The van der Waals surface area contributed by atoms with Crippen molar-refractivity contribution in [3.05, 3.63) is 20.8 Å². The van der Waals surface area contributed by atoms with E-state index in [1.54, 1.807) is 0 Å². The Morgan fingerprint density at radius 2 is 1.71 bits per heavy atom. The minimum atomic E-state index is -0.508. The summed E-state index contributed by atoms with van der Waals surface area (Å²) in [6.07, 6.45) is 6.19. The number of nitrogens with one attached hydrogen (secondary N) is 1. The fourth-order valence-corrected chi connectivity index (χ4v) is 3.36. The molecule has 24 heavy (non-hydrogen) atoms. The zero-order valence-corrected chi connectivity index (χ0v) is 14.6. The average Bonchev–Trinajstić information content (AvgIpc) is 3.05. The van der Waals surface area contributed by atoms with Gasteiger partial charge in [0.15, 0.2) is 0 Å². The molecule has 7 nitrogen and oxygen atoms in total. The molecular weight excluding hydrogens is 308 g/mol. The average molecular weight is 336 g/mol. The third kappa shape index (κ3) is 3.88. The van der Waals surface area contributed by atoms with Crippen LogP contribution in [0.15, 0.2) is 9.59 Å². The van der Waals surface area contributed by atoms with Crippen LogP contribution in [0.2, 0.25) is 0 Å². The van der Waals surface area contributed by atoms with Crippen LogP contribution >= 0.6 is 0 Å². The van der Waals surface area contributed by atoms with E-state index in [4.69, 9.17) is 5.73 Å². The van der Waals surface area contributed by atoms with Crippen LogP contribution in [0.5, 0.6) is 0 Å². The highest BCUT2D eigenvalue weighted by Crippen LogP contribution is 2.27. The molecule has 2 rings (SSSR count). The molecule has 0 atom stereocenters. The van der Waals surface area contributed by atoms with Gasteiger partial charge in [-0.25, -0.2) is 4.79 Å². The molecule has 0 saturated heterocycles. The molecule has 1 aliphatic carbocycles. The van der Waals surface area contributed by atoms with Crippen LogP contribution in [0.1, 0.15) is 58.8 Å². The summed E-state index contributed by atoms with van der Waals surface area (Å²) in [5, 5.41) is 2.67. The van der Waals surface area contributed by atoms with Gasteiger partial charge in [-0.05, 0) is 31.6 Å². The summed E-state index contributed by atoms with van der Waals surface area (Å²) < 4.78 is 2.54. The molecule has 1 heterocycles. The second-order valence-corrected chi connectivity index (χ2v) is 6.55. The topological polar surface area (TPSA) is 99.1 Å². The van der Waals surface area contributed by atoms with Crippen LogP contribution < -0.4 is 22.3 Å². The normalized spacial score (nSPS) is 14.9. The predicted molar refractivity (Wildman–Crippen MR) is 95.2 cm³/mol. The second-order valence-electron chi connectivity index (χ2n) is 6.55. The van der Waals surface area contributed by atoms with Gasteiger partial charge in [-0.3, -0.25) is 18.7 Å². The Hall–Kier alpha value is -2.05. The van der Waals surface area contributed by atoms with Crippen LogP contribution in [0.3, 0.4) is 0 Å². The van der Waals surface area contributed by atoms with Crippen LogP contribution in [0.25, 0.3) is 0 Å². The maximum absolute atomic E-state index is 12.6. The Morgan fingerprint density at radius 1 is 1.12 bits per heavy atom. The number of rotatable bonds is 7. The molecule has 1 amide bonds. The molecule has 1 aliphatic rings. The van der Waals surface area contributed by atoms with Crippen molar-refractivity contribution >= 4 is 17.4 Å². The van der Waals surface area contributed by atoms with E-state index in [2.05, 4.69) is 5.32 Å². The Morgan fingerprint density at radius 3 is 2.29 bits per heavy atom. The van der Waals surface area contributed by atoms with Crippen LogP contribution in [-0.2, 0) is 17.9 Å². The van der Waals surface area contributed by atoms with Gasteiger partial charge in [0.2, 0.25) is 5.91 Å². The van der Waals surface area contributed by atoms with Crippen LogP contribution in [-0.4, -0.2) is 15.0 Å². The number of carbonyl (C=O) groups excluding carboxylic acids is 1. The molecule has 3 N–H and O–H groups in total. The van der Waals surface area contributed by atoms with Gasteiger partial charge in [-0.15, -0.1) is 0 Å². The van der Waals surface area contributed by atoms with Crippen molar-refractivity contribution in [2.75, 3.05) is 11.1 Å². The Labute approximate surface area is 141 Å². The van der Waals surface area contributed by atoms with Gasteiger partial charge in [0.05, 0.1) is 0 Å². The number of hydrogen-bond acceptors (Lipinski definition) is 4. The third-order valence-corrected chi connectivity index (χ3v) is 4.58. The molecule has 1 fully saturated rings. The van der Waals surface area contributed by atoms with Gasteiger partial charge in [0.25, 0.3) is 5.56 Å². The van der Waals surface area contributed by atoms with Gasteiger partial charge in [-0.2, -0.15) is 0 Å². The summed E-state index contributed by atoms with van der Waals surface area (Å²) in [6.45, 7) is 4.55. The number of hydrogen-bond donors (Lipinski definition) is 2. The van der Waals surface area contributed by atoms with Crippen molar-refractivity contribution in [1.82, 2.24) is 9.13 Å². The van der Waals surface area contributed by atoms with E-state index in [9.17, 15) is 14.4 Å². The summed E-state index contributed by atoms with van der Waals surface area (Å²) in [5.74, 6) is 0.236. The maximum Gasteiger partial charge on any atom is 0.332 e. The van der Waals surface area contributed by atoms with Crippen LogP contribution in [0, 0.1) is 5.92 Å². The largest absolute Gasteiger partial charge is 0.383 e. The summed E-state index contributed by atoms with van der Waals surface area (Å²) >= 11 is 0. The number of amides is 1. The summed E-state index contributed by atoms with van der Waals surface area (Å²) in [6, 6.07) is 0. The molecular formula is C17H28N4O3. The molecule has 1 saturated carbocycles. The molecule has 0 unspecified atom stereocenters. The zero-order chi connectivity index (χ0) is 17.7. The van der Waals surface area contributed by atoms with Crippen molar-refractivity contribution in [3.63, 3.8) is 0 Å². The molecule has 1 aromatic rings. The van der Waals surface area contributed by atoms with Gasteiger partial charge in [0.1, 0.15) is 11.5 Å². The lowest BCUT2D eigenvalue weighted by molar-refractivity contribution is -0.117. The van der Waals surface area contributed by atoms with E-state index in [0.717, 1.165) is 30.3 Å². The van der Waals surface area contributed by atoms with Crippen molar-refractivity contribution in [1.29, 1.82) is 0 Å².